The molecule has 0 saturated heterocycles. The Bertz CT molecular complexity index is 2510. The summed E-state index contributed by atoms with van der Waals surface area (Å²) in [5.41, 5.74) is 16.2. The minimum Gasteiger partial charge on any atom is -0.336 e. The van der Waals surface area contributed by atoms with Gasteiger partial charge in [-0.3, -0.25) is 0 Å². The Labute approximate surface area is 347 Å². The van der Waals surface area contributed by atoms with E-state index in [0.717, 1.165) is 25.7 Å². The third-order valence-corrected chi connectivity index (χ3v) is 11.5. The van der Waals surface area contributed by atoms with Crippen LogP contribution < -0.4 is 4.90 Å². The van der Waals surface area contributed by atoms with Gasteiger partial charge in [0, 0.05) is 33.8 Å². The monoisotopic (exact) mass is 758 g/mol. The fourth-order valence-electron chi connectivity index (χ4n) is 9.05. The van der Waals surface area contributed by atoms with Crippen molar-refractivity contribution in [3.8, 4) is 11.1 Å². The molecule has 1 aliphatic heterocycles. The molecule has 292 valence electrons. The number of nitrogens with zero attached hydrogens (tertiary/aromatic N) is 2. The van der Waals surface area contributed by atoms with Gasteiger partial charge in [-0.25, -0.2) is 0 Å². The van der Waals surface area contributed by atoms with Crippen LogP contribution in [-0.4, -0.2) is 4.57 Å². The lowest BCUT2D eigenvalue weighted by Crippen LogP contribution is -2.27. The number of para-hydroxylation sites is 3. The molecule has 10 rings (SSSR count). The standard InChI is InChI=1S/C50H40N2.3C2H6/c1-3-13-35(14-4-1)36-23-25-39(26-24-36)49-45-19-9-12-22-48(45)52(50(49)40-15-5-2-6-16-40)42-33-29-38(30-34-42)37-27-31-41(32-28-37)51-46-20-10-7-17-43(46)44-18-8-11-21-47(44)51;3*1-2/h1-27,29,31,33,49-50H,28,30,32,34H2;3*1-2H3. The van der Waals surface area contributed by atoms with E-state index in [1.54, 1.807) is 0 Å². The third kappa shape index (κ3) is 7.64. The van der Waals surface area contributed by atoms with Crippen molar-refractivity contribution >= 4 is 33.2 Å². The quantitative estimate of drug-likeness (QED) is 0.164. The summed E-state index contributed by atoms with van der Waals surface area (Å²) < 4.78 is 2.48. The van der Waals surface area contributed by atoms with Gasteiger partial charge in [0.1, 0.15) is 0 Å². The van der Waals surface area contributed by atoms with Crippen LogP contribution in [0.2, 0.25) is 0 Å². The summed E-state index contributed by atoms with van der Waals surface area (Å²) in [6.45, 7) is 12.0. The molecule has 0 bridgehead atoms. The van der Waals surface area contributed by atoms with Gasteiger partial charge in [0.2, 0.25) is 0 Å². The number of hydrogen-bond donors (Lipinski definition) is 0. The van der Waals surface area contributed by atoms with Gasteiger partial charge in [-0.15, -0.1) is 0 Å². The number of fused-ring (bicyclic) bond motifs is 4. The van der Waals surface area contributed by atoms with E-state index < -0.39 is 0 Å². The molecule has 0 fully saturated rings. The molecule has 6 aromatic carbocycles. The van der Waals surface area contributed by atoms with Crippen LogP contribution in [0.3, 0.4) is 0 Å². The summed E-state index contributed by atoms with van der Waals surface area (Å²) in [5, 5.41) is 2.65. The minimum atomic E-state index is 0.174. The van der Waals surface area contributed by atoms with E-state index >= 15 is 0 Å². The van der Waals surface area contributed by atoms with E-state index in [4.69, 9.17) is 0 Å². The maximum absolute atomic E-state index is 2.66. The highest BCUT2D eigenvalue weighted by Gasteiger charge is 2.41. The van der Waals surface area contributed by atoms with Crippen molar-refractivity contribution in [2.75, 3.05) is 4.90 Å². The highest BCUT2D eigenvalue weighted by molar-refractivity contribution is 6.10. The van der Waals surface area contributed by atoms with Crippen LogP contribution >= 0.6 is 0 Å². The number of rotatable bonds is 6. The lowest BCUT2D eigenvalue weighted by atomic mass is 9.83. The number of anilines is 1. The van der Waals surface area contributed by atoms with Gasteiger partial charge >= 0.3 is 0 Å². The average molecular weight is 759 g/mol. The molecule has 0 radical (unpaired) electrons. The summed E-state index contributed by atoms with van der Waals surface area (Å²) in [5.74, 6) is 0.222. The zero-order valence-corrected chi connectivity index (χ0v) is 35.2. The molecule has 2 heterocycles. The van der Waals surface area contributed by atoms with Crippen LogP contribution in [-0.2, 0) is 0 Å². The number of hydrogen-bond acceptors (Lipinski definition) is 1. The van der Waals surface area contributed by atoms with Gasteiger partial charge in [-0.05, 0) is 95.0 Å². The Balaban J connectivity index is 0.000000818. The molecule has 3 aliphatic rings. The lowest BCUT2D eigenvalue weighted by Gasteiger charge is -2.34. The van der Waals surface area contributed by atoms with E-state index in [1.165, 1.54) is 77.9 Å². The molecule has 58 heavy (non-hydrogen) atoms. The predicted molar refractivity (Wildman–Crippen MR) is 252 cm³/mol. The zero-order valence-electron chi connectivity index (χ0n) is 35.2. The smallest absolute Gasteiger partial charge is 0.0698 e. The Morgan fingerprint density at radius 1 is 0.397 bits per heavy atom. The highest BCUT2D eigenvalue weighted by atomic mass is 15.2. The van der Waals surface area contributed by atoms with Crippen molar-refractivity contribution in [2.45, 2.75) is 79.2 Å². The summed E-state index contributed by atoms with van der Waals surface area (Å²) >= 11 is 0. The topological polar surface area (TPSA) is 8.17 Å². The van der Waals surface area contributed by atoms with E-state index in [9.17, 15) is 0 Å². The van der Waals surface area contributed by atoms with Crippen molar-refractivity contribution in [1.29, 1.82) is 0 Å². The molecule has 0 amide bonds. The molecule has 7 aromatic rings. The zero-order chi connectivity index (χ0) is 40.4. The molecule has 2 atom stereocenters. The summed E-state index contributed by atoms with van der Waals surface area (Å²) in [4.78, 5) is 2.66. The van der Waals surface area contributed by atoms with Crippen LogP contribution in [0, 0.1) is 0 Å². The van der Waals surface area contributed by atoms with Crippen molar-refractivity contribution in [1.82, 2.24) is 4.57 Å². The van der Waals surface area contributed by atoms with E-state index in [1.807, 2.05) is 41.5 Å². The Morgan fingerprint density at radius 2 is 0.879 bits per heavy atom. The SMILES string of the molecule is C1=C(C2=CC=C(n3c4ccccc4c4ccccc43)CC2)CCC(N2c3ccccc3C(c3ccc(-c4ccccc4)cc3)C2c2ccccc2)=C1.CC.CC.CC. The van der Waals surface area contributed by atoms with Gasteiger partial charge in [0.25, 0.3) is 0 Å². The highest BCUT2D eigenvalue weighted by Crippen LogP contribution is 2.54. The van der Waals surface area contributed by atoms with E-state index in [0.29, 0.717) is 0 Å². The molecule has 2 nitrogen and oxygen atoms in total. The van der Waals surface area contributed by atoms with Crippen molar-refractivity contribution in [3.05, 3.63) is 216 Å². The molecule has 2 unspecified atom stereocenters. The van der Waals surface area contributed by atoms with Crippen LogP contribution in [0.1, 0.15) is 95.9 Å². The fraction of sp³-hybridized carbons (Fsp3) is 0.214. The Morgan fingerprint density at radius 3 is 1.45 bits per heavy atom. The van der Waals surface area contributed by atoms with Gasteiger partial charge in [0.05, 0.1) is 17.1 Å². The number of allylic oxidation sites excluding steroid dienone is 8. The summed E-state index contributed by atoms with van der Waals surface area (Å²) in [6.07, 6.45) is 13.7. The molecule has 0 spiro atoms. The molecule has 0 saturated carbocycles. The summed E-state index contributed by atoms with van der Waals surface area (Å²) in [7, 11) is 0. The first-order valence-electron chi connectivity index (χ1n) is 21.7. The van der Waals surface area contributed by atoms with Gasteiger partial charge in [0.15, 0.2) is 0 Å². The lowest BCUT2D eigenvalue weighted by molar-refractivity contribution is 0.624. The van der Waals surface area contributed by atoms with E-state index in [-0.39, 0.29) is 12.0 Å². The first kappa shape index (κ1) is 40.1. The van der Waals surface area contributed by atoms with Crippen LogP contribution in [0.5, 0.6) is 0 Å². The Kier molecular flexibility index (Phi) is 13.1. The number of benzene rings is 6. The van der Waals surface area contributed by atoms with Gasteiger partial charge in [-0.2, -0.15) is 0 Å². The first-order chi connectivity index (χ1) is 28.8. The van der Waals surface area contributed by atoms with Gasteiger partial charge in [-0.1, -0.05) is 193 Å². The number of aromatic nitrogens is 1. The molecule has 2 heteroatoms. The first-order valence-corrected chi connectivity index (χ1v) is 21.7. The van der Waals surface area contributed by atoms with Crippen LogP contribution in [0.4, 0.5) is 5.69 Å². The normalized spacial score (nSPS) is 16.9. The maximum Gasteiger partial charge on any atom is 0.0698 e. The van der Waals surface area contributed by atoms with E-state index in [2.05, 4.69) is 191 Å². The largest absolute Gasteiger partial charge is 0.336 e. The minimum absolute atomic E-state index is 0.174. The fourth-order valence-corrected chi connectivity index (χ4v) is 9.05. The average Bonchev–Trinajstić information content (AvgIpc) is 3.85. The predicted octanol–water partition coefficient (Wildman–Crippen LogP) is 16.1. The second-order valence-electron chi connectivity index (χ2n) is 14.3. The maximum atomic E-state index is 2.66. The molecular formula is C56H58N2. The Hall–Kier alpha value is -6.12. The van der Waals surface area contributed by atoms with Crippen molar-refractivity contribution < 1.29 is 0 Å². The second-order valence-corrected chi connectivity index (χ2v) is 14.3. The van der Waals surface area contributed by atoms with Crippen LogP contribution in [0.25, 0.3) is 38.6 Å². The van der Waals surface area contributed by atoms with Crippen LogP contribution in [0.15, 0.2) is 199 Å². The summed E-state index contributed by atoms with van der Waals surface area (Å²) in [6, 6.07) is 58.0. The third-order valence-electron chi connectivity index (χ3n) is 11.5. The van der Waals surface area contributed by atoms with Crippen molar-refractivity contribution in [2.24, 2.45) is 0 Å². The second kappa shape index (κ2) is 18.9. The van der Waals surface area contributed by atoms with Gasteiger partial charge < -0.3 is 9.47 Å². The molecule has 0 N–H and O–H groups in total. The molecule has 2 aliphatic carbocycles. The molecule has 1 aromatic heterocycles. The van der Waals surface area contributed by atoms with Crippen molar-refractivity contribution in [3.63, 3.8) is 0 Å². The molecular weight excluding hydrogens is 701 g/mol.